The highest BCUT2D eigenvalue weighted by Gasteiger charge is 2.27. The maximum atomic E-state index is 15.3. The first-order chi connectivity index (χ1) is 16.5. The van der Waals surface area contributed by atoms with Crippen molar-refractivity contribution < 1.29 is 18.7 Å². The lowest BCUT2D eigenvalue weighted by Crippen LogP contribution is -2.45. The molecule has 3 N–H and O–H groups in total. The first-order valence-electron chi connectivity index (χ1n) is 11.3. The Balaban J connectivity index is 1.59. The summed E-state index contributed by atoms with van der Waals surface area (Å²) in [5, 5.41) is 13.4. The number of halogens is 2. The number of H-pyrrole nitrogens is 1. The van der Waals surface area contributed by atoms with E-state index in [1.165, 1.54) is 18.2 Å². The van der Waals surface area contributed by atoms with Crippen LogP contribution in [-0.4, -0.2) is 47.1 Å². The van der Waals surface area contributed by atoms with Gasteiger partial charge in [0, 0.05) is 48.8 Å². The number of hydrogen-bond donors (Lipinski definition) is 3. The van der Waals surface area contributed by atoms with Gasteiger partial charge in [0.1, 0.15) is 11.6 Å². The van der Waals surface area contributed by atoms with E-state index in [0.29, 0.717) is 11.1 Å². The zero-order chi connectivity index (χ0) is 23.7. The average molecular weight is 462 g/mol. The molecule has 0 amide bonds. The van der Waals surface area contributed by atoms with Crippen LogP contribution < -0.4 is 5.32 Å². The predicted octanol–water partition coefficient (Wildman–Crippen LogP) is 4.73. The van der Waals surface area contributed by atoms with Crippen LogP contribution in [0, 0.1) is 11.6 Å². The smallest absolute Gasteiger partial charge is 0.307 e. The van der Waals surface area contributed by atoms with E-state index >= 15 is 4.39 Å². The standard InChI is InChI=1S/C27H25F2N3O2/c28-21-5-1-17(2-6-21)27(32-11-9-30-10-12-32)23-14-18(3-7-24(23)29)19-4-8-25-22(13-19)20(16-31-25)15-26(33)34/h1-8,13-14,16,27,30-31H,9-12,15H2,(H,33,34)/t27-/m0/s1. The number of hydrogen-bond acceptors (Lipinski definition) is 3. The van der Waals surface area contributed by atoms with Crippen LogP contribution in [0.1, 0.15) is 22.7 Å². The fourth-order valence-electron chi connectivity index (χ4n) is 4.77. The lowest BCUT2D eigenvalue weighted by Gasteiger charge is -2.36. The molecule has 1 saturated heterocycles. The SMILES string of the molecule is O=C(O)Cc1c[nH]c2ccc(-c3ccc(F)c([C@H](c4ccc(F)cc4)N4CCNCC4)c3)cc12. The fraction of sp³-hybridized carbons (Fsp3) is 0.222. The summed E-state index contributed by atoms with van der Waals surface area (Å²) in [6.07, 6.45) is 1.64. The molecule has 174 valence electrons. The summed E-state index contributed by atoms with van der Waals surface area (Å²) in [7, 11) is 0. The van der Waals surface area contributed by atoms with Gasteiger partial charge in [-0.15, -0.1) is 0 Å². The van der Waals surface area contributed by atoms with Crippen molar-refractivity contribution in [1.82, 2.24) is 15.2 Å². The number of carboxylic acid groups (broad SMARTS) is 1. The topological polar surface area (TPSA) is 68.4 Å². The van der Waals surface area contributed by atoms with E-state index in [-0.39, 0.29) is 24.1 Å². The van der Waals surface area contributed by atoms with Gasteiger partial charge in [0.05, 0.1) is 12.5 Å². The van der Waals surface area contributed by atoms with Crippen molar-refractivity contribution in [3.63, 3.8) is 0 Å². The Bertz CT molecular complexity index is 1330. The zero-order valence-electron chi connectivity index (χ0n) is 18.5. The van der Waals surface area contributed by atoms with Crippen LogP contribution in [-0.2, 0) is 11.2 Å². The van der Waals surface area contributed by atoms with E-state index in [1.54, 1.807) is 24.4 Å². The summed E-state index contributed by atoms with van der Waals surface area (Å²) < 4.78 is 28.9. The highest BCUT2D eigenvalue weighted by atomic mass is 19.1. The lowest BCUT2D eigenvalue weighted by molar-refractivity contribution is -0.136. The fourth-order valence-corrected chi connectivity index (χ4v) is 4.77. The van der Waals surface area contributed by atoms with Gasteiger partial charge in [-0.25, -0.2) is 8.78 Å². The highest BCUT2D eigenvalue weighted by molar-refractivity contribution is 5.90. The molecule has 1 fully saturated rings. The molecule has 4 aromatic rings. The number of fused-ring (bicyclic) bond motifs is 1. The summed E-state index contributed by atoms with van der Waals surface area (Å²) in [4.78, 5) is 16.6. The van der Waals surface area contributed by atoms with E-state index in [1.807, 2.05) is 24.3 Å². The van der Waals surface area contributed by atoms with Gasteiger partial charge in [0.15, 0.2) is 0 Å². The number of rotatable bonds is 6. The van der Waals surface area contributed by atoms with Gasteiger partial charge < -0.3 is 15.4 Å². The van der Waals surface area contributed by atoms with Crippen LogP contribution in [0.5, 0.6) is 0 Å². The van der Waals surface area contributed by atoms with Crippen LogP contribution in [0.25, 0.3) is 22.0 Å². The average Bonchev–Trinajstić information content (AvgIpc) is 3.23. The second kappa shape index (κ2) is 9.37. The third-order valence-electron chi connectivity index (χ3n) is 6.44. The molecule has 0 spiro atoms. The molecular weight excluding hydrogens is 436 g/mol. The summed E-state index contributed by atoms with van der Waals surface area (Å²) in [6.45, 7) is 3.10. The summed E-state index contributed by atoms with van der Waals surface area (Å²) in [5.74, 6) is -1.53. The van der Waals surface area contributed by atoms with E-state index in [0.717, 1.165) is 53.8 Å². The van der Waals surface area contributed by atoms with Crippen LogP contribution >= 0.6 is 0 Å². The number of aliphatic carboxylic acids is 1. The van der Waals surface area contributed by atoms with E-state index in [9.17, 15) is 14.3 Å². The molecule has 1 aliphatic heterocycles. The highest BCUT2D eigenvalue weighted by Crippen LogP contribution is 2.35. The van der Waals surface area contributed by atoms with Crippen molar-refractivity contribution in [2.45, 2.75) is 12.5 Å². The van der Waals surface area contributed by atoms with Gasteiger partial charge >= 0.3 is 5.97 Å². The summed E-state index contributed by atoms with van der Waals surface area (Å²) >= 11 is 0. The van der Waals surface area contributed by atoms with Crippen LogP contribution in [0.2, 0.25) is 0 Å². The number of piperazine rings is 1. The van der Waals surface area contributed by atoms with Crippen molar-refractivity contribution in [3.05, 3.63) is 95.2 Å². The van der Waals surface area contributed by atoms with Gasteiger partial charge in [0.2, 0.25) is 0 Å². The first kappa shape index (κ1) is 22.3. The summed E-state index contributed by atoms with van der Waals surface area (Å²) in [5.41, 5.74) is 4.64. The predicted molar refractivity (Wildman–Crippen MR) is 128 cm³/mol. The minimum atomic E-state index is -0.895. The minimum Gasteiger partial charge on any atom is -0.481 e. The number of carbonyl (C=O) groups is 1. The molecule has 1 aromatic heterocycles. The molecule has 5 rings (SSSR count). The lowest BCUT2D eigenvalue weighted by atomic mass is 9.92. The van der Waals surface area contributed by atoms with Crippen LogP contribution in [0.4, 0.5) is 8.78 Å². The zero-order valence-corrected chi connectivity index (χ0v) is 18.5. The number of nitrogens with zero attached hydrogens (tertiary/aromatic N) is 1. The van der Waals surface area contributed by atoms with Crippen molar-refractivity contribution in [2.24, 2.45) is 0 Å². The molecular formula is C27H25F2N3O2. The van der Waals surface area contributed by atoms with E-state index < -0.39 is 5.97 Å². The second-order valence-corrected chi connectivity index (χ2v) is 8.62. The molecule has 7 heteroatoms. The Morgan fingerprint density at radius 1 is 0.971 bits per heavy atom. The van der Waals surface area contributed by atoms with Gasteiger partial charge in [0.25, 0.3) is 0 Å². The molecule has 0 radical (unpaired) electrons. The van der Waals surface area contributed by atoms with Gasteiger partial charge in [-0.3, -0.25) is 9.69 Å². The molecule has 0 unspecified atom stereocenters. The Morgan fingerprint density at radius 2 is 1.68 bits per heavy atom. The molecule has 3 aromatic carbocycles. The van der Waals surface area contributed by atoms with Crippen LogP contribution in [0.15, 0.2) is 66.9 Å². The minimum absolute atomic E-state index is 0.0756. The van der Waals surface area contributed by atoms with Crippen LogP contribution in [0.3, 0.4) is 0 Å². The van der Waals surface area contributed by atoms with Crippen molar-refractivity contribution in [3.8, 4) is 11.1 Å². The quantitative estimate of drug-likeness (QED) is 0.388. The number of benzene rings is 3. The van der Waals surface area contributed by atoms with Gasteiger partial charge in [-0.1, -0.05) is 24.3 Å². The second-order valence-electron chi connectivity index (χ2n) is 8.62. The molecule has 0 saturated carbocycles. The summed E-state index contributed by atoms with van der Waals surface area (Å²) in [6, 6.07) is 16.8. The third kappa shape index (κ3) is 4.44. The Hall–Kier alpha value is -3.55. The number of aromatic nitrogens is 1. The number of carboxylic acids is 1. The van der Waals surface area contributed by atoms with Crippen molar-refractivity contribution in [1.29, 1.82) is 0 Å². The van der Waals surface area contributed by atoms with E-state index in [4.69, 9.17) is 0 Å². The maximum Gasteiger partial charge on any atom is 0.307 e. The first-order valence-corrected chi connectivity index (χ1v) is 11.3. The molecule has 0 aliphatic carbocycles. The van der Waals surface area contributed by atoms with E-state index in [2.05, 4.69) is 15.2 Å². The number of nitrogens with one attached hydrogen (secondary N) is 2. The third-order valence-corrected chi connectivity index (χ3v) is 6.44. The Kier molecular flexibility index (Phi) is 6.13. The Morgan fingerprint density at radius 3 is 2.41 bits per heavy atom. The van der Waals surface area contributed by atoms with Crippen molar-refractivity contribution >= 4 is 16.9 Å². The van der Waals surface area contributed by atoms with Gasteiger partial charge in [-0.05, 0) is 58.7 Å². The maximum absolute atomic E-state index is 15.3. The molecule has 2 heterocycles. The molecule has 1 atom stereocenters. The monoisotopic (exact) mass is 461 g/mol. The normalized spacial score (nSPS) is 15.5. The molecule has 0 bridgehead atoms. The number of aromatic amines is 1. The molecule has 1 aliphatic rings. The largest absolute Gasteiger partial charge is 0.481 e. The van der Waals surface area contributed by atoms with Crippen molar-refractivity contribution in [2.75, 3.05) is 26.2 Å². The van der Waals surface area contributed by atoms with Gasteiger partial charge in [-0.2, -0.15) is 0 Å². The Labute approximate surface area is 196 Å². The molecule has 5 nitrogen and oxygen atoms in total. The molecule has 34 heavy (non-hydrogen) atoms.